The van der Waals surface area contributed by atoms with Gasteiger partial charge in [0.25, 0.3) is 0 Å². The fourth-order valence-corrected chi connectivity index (χ4v) is 2.96. The first-order valence-electron chi connectivity index (χ1n) is 8.84. The summed E-state index contributed by atoms with van der Waals surface area (Å²) in [5.41, 5.74) is 2.77. The van der Waals surface area contributed by atoms with E-state index in [-0.39, 0.29) is 18.2 Å². The lowest BCUT2D eigenvalue weighted by molar-refractivity contribution is -0.121. The number of nitrogens with one attached hydrogen (secondary N) is 1. The van der Waals surface area contributed by atoms with E-state index in [1.807, 2.05) is 37.3 Å². The van der Waals surface area contributed by atoms with E-state index in [0.717, 1.165) is 22.6 Å². The lowest BCUT2D eigenvalue weighted by Gasteiger charge is -2.23. The van der Waals surface area contributed by atoms with E-state index in [1.165, 1.54) is 6.92 Å². The molecule has 6 heteroatoms. The van der Waals surface area contributed by atoms with E-state index >= 15 is 0 Å². The number of anilines is 1. The van der Waals surface area contributed by atoms with Gasteiger partial charge in [0.05, 0.1) is 7.11 Å². The summed E-state index contributed by atoms with van der Waals surface area (Å²) in [7, 11) is 1.63. The van der Waals surface area contributed by atoms with Gasteiger partial charge in [-0.15, -0.1) is 0 Å². The predicted molar refractivity (Wildman–Crippen MR) is 109 cm³/mol. The normalized spacial score (nSPS) is 10.4. The van der Waals surface area contributed by atoms with Crippen molar-refractivity contribution >= 4 is 29.1 Å². The van der Waals surface area contributed by atoms with Gasteiger partial charge < -0.3 is 15.0 Å². The molecular formula is C21H25ClN2O3. The average Bonchev–Trinajstić information content (AvgIpc) is 2.64. The highest BCUT2D eigenvalue weighted by Gasteiger charge is 2.15. The van der Waals surface area contributed by atoms with Gasteiger partial charge in [0.15, 0.2) is 0 Å². The summed E-state index contributed by atoms with van der Waals surface area (Å²) >= 11 is 6.05. The number of amides is 2. The van der Waals surface area contributed by atoms with Crippen LogP contribution < -0.4 is 15.0 Å². The van der Waals surface area contributed by atoms with Crippen LogP contribution in [0.3, 0.4) is 0 Å². The second kappa shape index (κ2) is 9.97. The Bertz CT molecular complexity index is 808. The highest BCUT2D eigenvalue weighted by atomic mass is 35.5. The van der Waals surface area contributed by atoms with Crippen molar-refractivity contribution < 1.29 is 14.3 Å². The largest absolute Gasteiger partial charge is 0.497 e. The number of halogens is 1. The number of nitrogens with zero attached hydrogens (tertiary/aromatic N) is 1. The molecule has 2 rings (SSSR count). The molecule has 0 aliphatic heterocycles. The standard InChI is InChI=1S/C21H25ClN2O3/c1-15-7-8-18(22)14-20(15)24(16(2)25)12-10-21(26)23-11-9-17-5-4-6-19(13-17)27-3/h4-8,13-14H,9-12H2,1-3H3,(H,23,26). The van der Waals surface area contributed by atoms with Crippen LogP contribution in [0.15, 0.2) is 42.5 Å². The van der Waals surface area contributed by atoms with Gasteiger partial charge >= 0.3 is 0 Å². The van der Waals surface area contributed by atoms with Crippen LogP contribution in [-0.2, 0) is 16.0 Å². The number of methoxy groups -OCH3 is 1. The second-order valence-corrected chi connectivity index (χ2v) is 6.74. The first-order valence-corrected chi connectivity index (χ1v) is 9.22. The first kappa shape index (κ1) is 20.8. The fraction of sp³-hybridized carbons (Fsp3) is 0.333. The number of benzene rings is 2. The maximum absolute atomic E-state index is 12.2. The van der Waals surface area contributed by atoms with Gasteiger partial charge in [-0.2, -0.15) is 0 Å². The Kier molecular flexibility index (Phi) is 7.67. The topological polar surface area (TPSA) is 58.6 Å². The van der Waals surface area contributed by atoms with E-state index in [2.05, 4.69) is 5.32 Å². The van der Waals surface area contributed by atoms with Gasteiger partial charge in [0.2, 0.25) is 11.8 Å². The average molecular weight is 389 g/mol. The lowest BCUT2D eigenvalue weighted by atomic mass is 10.1. The van der Waals surface area contributed by atoms with Crippen molar-refractivity contribution in [3.8, 4) is 5.75 Å². The van der Waals surface area contributed by atoms with Crippen LogP contribution in [0.2, 0.25) is 5.02 Å². The Hall–Kier alpha value is -2.53. The minimum absolute atomic E-state index is 0.0937. The Morgan fingerprint density at radius 1 is 1.19 bits per heavy atom. The third-order valence-corrected chi connectivity index (χ3v) is 4.51. The second-order valence-electron chi connectivity index (χ2n) is 6.30. The summed E-state index contributed by atoms with van der Waals surface area (Å²) in [5, 5.41) is 3.46. The van der Waals surface area contributed by atoms with Gasteiger partial charge in [-0.25, -0.2) is 0 Å². The molecule has 1 N–H and O–H groups in total. The van der Waals surface area contributed by atoms with Crippen LogP contribution in [0.4, 0.5) is 5.69 Å². The molecule has 2 aromatic rings. The molecule has 5 nitrogen and oxygen atoms in total. The lowest BCUT2D eigenvalue weighted by Crippen LogP contribution is -2.34. The van der Waals surface area contributed by atoms with E-state index in [0.29, 0.717) is 24.5 Å². The number of hydrogen-bond donors (Lipinski definition) is 1. The maximum Gasteiger partial charge on any atom is 0.223 e. The zero-order valence-corrected chi connectivity index (χ0v) is 16.7. The molecule has 0 saturated heterocycles. The highest BCUT2D eigenvalue weighted by molar-refractivity contribution is 6.31. The molecule has 0 fully saturated rings. The van der Waals surface area contributed by atoms with Gasteiger partial charge in [0, 0.05) is 37.1 Å². The van der Waals surface area contributed by atoms with E-state index in [1.54, 1.807) is 24.1 Å². The van der Waals surface area contributed by atoms with Gasteiger partial charge in [0.1, 0.15) is 5.75 Å². The smallest absolute Gasteiger partial charge is 0.223 e. The number of rotatable bonds is 8. The predicted octanol–water partition coefficient (Wildman–Crippen LogP) is 3.76. The van der Waals surface area contributed by atoms with Crippen LogP contribution in [0.5, 0.6) is 5.75 Å². The molecule has 0 unspecified atom stereocenters. The van der Waals surface area contributed by atoms with Crippen molar-refractivity contribution in [2.75, 3.05) is 25.1 Å². The van der Waals surface area contributed by atoms with Crippen molar-refractivity contribution in [1.82, 2.24) is 5.32 Å². The van der Waals surface area contributed by atoms with Crippen molar-refractivity contribution in [3.63, 3.8) is 0 Å². The van der Waals surface area contributed by atoms with Gasteiger partial charge in [-0.1, -0.05) is 29.8 Å². The molecule has 0 atom stereocenters. The van der Waals surface area contributed by atoms with Crippen LogP contribution in [0.1, 0.15) is 24.5 Å². The Balaban J connectivity index is 1.87. The zero-order valence-electron chi connectivity index (χ0n) is 15.9. The SMILES string of the molecule is COc1cccc(CCNC(=O)CCN(C(C)=O)c2cc(Cl)ccc2C)c1. The molecule has 2 amide bonds. The molecule has 27 heavy (non-hydrogen) atoms. The molecule has 0 heterocycles. The van der Waals surface area contributed by atoms with E-state index in [4.69, 9.17) is 16.3 Å². The molecule has 0 spiro atoms. The molecule has 0 aliphatic rings. The molecule has 0 radical (unpaired) electrons. The van der Waals surface area contributed by atoms with Crippen LogP contribution >= 0.6 is 11.6 Å². The van der Waals surface area contributed by atoms with Crippen LogP contribution in [0.25, 0.3) is 0 Å². The number of carbonyl (C=O) groups is 2. The minimum Gasteiger partial charge on any atom is -0.497 e. The third-order valence-electron chi connectivity index (χ3n) is 4.27. The van der Waals surface area contributed by atoms with Gasteiger partial charge in [-0.3, -0.25) is 9.59 Å². The quantitative estimate of drug-likeness (QED) is 0.749. The minimum atomic E-state index is -0.121. The molecule has 0 saturated carbocycles. The number of hydrogen-bond acceptors (Lipinski definition) is 3. The fourth-order valence-electron chi connectivity index (χ4n) is 2.80. The molecular weight excluding hydrogens is 364 g/mol. The van der Waals surface area contributed by atoms with Gasteiger partial charge in [-0.05, 0) is 48.7 Å². The number of carbonyl (C=O) groups excluding carboxylic acids is 2. The van der Waals surface area contributed by atoms with E-state index < -0.39 is 0 Å². The third kappa shape index (κ3) is 6.29. The summed E-state index contributed by atoms with van der Waals surface area (Å²) in [6.07, 6.45) is 0.941. The summed E-state index contributed by atoms with van der Waals surface area (Å²) < 4.78 is 5.20. The summed E-state index contributed by atoms with van der Waals surface area (Å²) in [6.45, 7) is 4.24. The maximum atomic E-state index is 12.2. The van der Waals surface area contributed by atoms with Crippen molar-refractivity contribution in [1.29, 1.82) is 0 Å². The van der Waals surface area contributed by atoms with Crippen LogP contribution in [0, 0.1) is 6.92 Å². The number of aryl methyl sites for hydroxylation is 1. The zero-order chi connectivity index (χ0) is 19.8. The Morgan fingerprint density at radius 2 is 1.96 bits per heavy atom. The number of ether oxygens (including phenoxy) is 1. The van der Waals surface area contributed by atoms with Crippen LogP contribution in [-0.4, -0.2) is 32.0 Å². The molecule has 0 aromatic heterocycles. The Morgan fingerprint density at radius 3 is 2.67 bits per heavy atom. The Labute approximate surface area is 165 Å². The molecule has 144 valence electrons. The highest BCUT2D eigenvalue weighted by Crippen LogP contribution is 2.24. The molecule has 2 aromatic carbocycles. The van der Waals surface area contributed by atoms with E-state index in [9.17, 15) is 9.59 Å². The van der Waals surface area contributed by atoms with Crippen molar-refractivity contribution in [2.24, 2.45) is 0 Å². The van der Waals surface area contributed by atoms with Crippen molar-refractivity contribution in [3.05, 3.63) is 58.6 Å². The summed E-state index contributed by atoms with van der Waals surface area (Å²) in [5.74, 6) is 0.584. The summed E-state index contributed by atoms with van der Waals surface area (Å²) in [4.78, 5) is 25.8. The first-order chi connectivity index (χ1) is 12.9. The molecule has 0 aliphatic carbocycles. The molecule has 0 bridgehead atoms. The monoisotopic (exact) mass is 388 g/mol. The van der Waals surface area contributed by atoms with Crippen molar-refractivity contribution in [2.45, 2.75) is 26.7 Å². The summed E-state index contributed by atoms with van der Waals surface area (Å²) in [6, 6.07) is 13.1.